The lowest BCUT2D eigenvalue weighted by Gasteiger charge is -2.05. The van der Waals surface area contributed by atoms with Crippen molar-refractivity contribution in [2.45, 2.75) is 13.0 Å². The van der Waals surface area contributed by atoms with E-state index in [1.165, 1.54) is 5.38 Å². The molecule has 0 aliphatic carbocycles. The lowest BCUT2D eigenvalue weighted by atomic mass is 10.2. The van der Waals surface area contributed by atoms with E-state index < -0.39 is 23.8 Å². The van der Waals surface area contributed by atoms with E-state index in [9.17, 15) is 19.2 Å². The zero-order valence-electron chi connectivity index (χ0n) is 15.1. The highest BCUT2D eigenvalue weighted by molar-refractivity contribution is 7.14. The number of thiazole rings is 1. The van der Waals surface area contributed by atoms with Gasteiger partial charge in [0.15, 0.2) is 5.13 Å². The number of carbonyl (C=O) groups excluding carboxylic acids is 3. The maximum Gasteiger partial charge on any atom is 0.321 e. The first-order valence-electron chi connectivity index (χ1n) is 8.25. The van der Waals surface area contributed by atoms with Gasteiger partial charge in [-0.05, 0) is 5.56 Å². The number of carbonyl (C=O) groups is 4. The van der Waals surface area contributed by atoms with Crippen molar-refractivity contribution in [1.82, 2.24) is 20.9 Å². The van der Waals surface area contributed by atoms with Crippen molar-refractivity contribution in [3.63, 3.8) is 0 Å². The van der Waals surface area contributed by atoms with Gasteiger partial charge in [0.05, 0.1) is 13.0 Å². The van der Waals surface area contributed by atoms with E-state index in [0.29, 0.717) is 6.54 Å². The Balaban J connectivity index is 0.00000420. The molecule has 5 N–H and O–H groups in total. The molecule has 0 spiro atoms. The summed E-state index contributed by atoms with van der Waals surface area (Å²) >= 11 is 1.07. The summed E-state index contributed by atoms with van der Waals surface area (Å²) in [7, 11) is 0. The first-order valence-corrected chi connectivity index (χ1v) is 9.13. The number of rotatable bonds is 9. The second kappa shape index (κ2) is 12.3. The molecular formula is C17H20ClN5O5S. The van der Waals surface area contributed by atoms with Gasteiger partial charge in [0, 0.05) is 18.5 Å². The van der Waals surface area contributed by atoms with Crippen LogP contribution in [0.1, 0.15) is 22.5 Å². The van der Waals surface area contributed by atoms with E-state index in [4.69, 9.17) is 5.11 Å². The molecule has 2 rings (SSSR count). The molecule has 1 aromatic heterocycles. The van der Waals surface area contributed by atoms with Crippen molar-refractivity contribution in [3.05, 3.63) is 47.0 Å². The fourth-order valence-electron chi connectivity index (χ4n) is 1.98. The van der Waals surface area contributed by atoms with Crippen molar-refractivity contribution in [2.24, 2.45) is 0 Å². The average molecular weight is 442 g/mol. The van der Waals surface area contributed by atoms with Gasteiger partial charge in [0.2, 0.25) is 5.91 Å². The number of hydrogen-bond acceptors (Lipinski definition) is 6. The Labute approximate surface area is 176 Å². The average Bonchev–Trinajstić information content (AvgIpc) is 3.13. The first kappa shape index (κ1) is 23.9. The van der Waals surface area contributed by atoms with Crippen LogP contribution in [0.2, 0.25) is 0 Å². The molecule has 1 heterocycles. The van der Waals surface area contributed by atoms with Crippen molar-refractivity contribution in [2.75, 3.05) is 18.4 Å². The Hall–Kier alpha value is -3.18. The van der Waals surface area contributed by atoms with Crippen LogP contribution in [0.5, 0.6) is 0 Å². The Morgan fingerprint density at radius 2 is 1.76 bits per heavy atom. The molecule has 0 bridgehead atoms. The van der Waals surface area contributed by atoms with Crippen molar-refractivity contribution >= 4 is 52.7 Å². The van der Waals surface area contributed by atoms with Crippen LogP contribution in [-0.2, 0) is 16.1 Å². The molecule has 156 valence electrons. The second-order valence-corrected chi connectivity index (χ2v) is 6.37. The summed E-state index contributed by atoms with van der Waals surface area (Å²) in [6.45, 7) is 0.0194. The standard InChI is InChI=1S/C17H19N5O5S.ClH/c23-13(18-7-6-14(24)25)9-19-15(26)12-10-28-17(21-12)22-16(27)20-8-11-4-2-1-3-5-11;/h1-5,10H,6-9H2,(H,18,23)(H,19,26)(H,24,25)(H2,20,21,22,27);1H. The first-order chi connectivity index (χ1) is 13.4. The highest BCUT2D eigenvalue weighted by atomic mass is 35.5. The normalized spacial score (nSPS) is 9.66. The maximum atomic E-state index is 12.0. The van der Waals surface area contributed by atoms with E-state index in [-0.39, 0.29) is 42.7 Å². The molecule has 0 fully saturated rings. The number of nitrogens with zero attached hydrogens (tertiary/aromatic N) is 1. The van der Waals surface area contributed by atoms with Crippen LogP contribution in [-0.4, -0.2) is 47.0 Å². The van der Waals surface area contributed by atoms with Crippen LogP contribution in [0.3, 0.4) is 0 Å². The van der Waals surface area contributed by atoms with Crippen LogP contribution in [0.15, 0.2) is 35.7 Å². The third-order valence-electron chi connectivity index (χ3n) is 3.32. The fourth-order valence-corrected chi connectivity index (χ4v) is 2.66. The van der Waals surface area contributed by atoms with Crippen molar-refractivity contribution in [3.8, 4) is 0 Å². The Kier molecular flexibility index (Phi) is 10.1. The number of aliphatic carboxylic acids is 1. The van der Waals surface area contributed by atoms with Gasteiger partial charge < -0.3 is 21.1 Å². The minimum Gasteiger partial charge on any atom is -0.481 e. The molecule has 0 aliphatic heterocycles. The third-order valence-corrected chi connectivity index (χ3v) is 4.08. The van der Waals surface area contributed by atoms with Crippen molar-refractivity contribution in [1.29, 1.82) is 0 Å². The lowest BCUT2D eigenvalue weighted by Crippen LogP contribution is -2.37. The molecule has 10 nitrogen and oxygen atoms in total. The molecule has 4 amide bonds. The van der Waals surface area contributed by atoms with E-state index >= 15 is 0 Å². The number of hydrogen-bond donors (Lipinski definition) is 5. The quantitative estimate of drug-likeness (QED) is 0.394. The van der Waals surface area contributed by atoms with E-state index in [1.54, 1.807) is 0 Å². The molecule has 0 radical (unpaired) electrons. The van der Waals surface area contributed by atoms with Gasteiger partial charge in [-0.15, -0.1) is 23.7 Å². The molecule has 29 heavy (non-hydrogen) atoms. The van der Waals surface area contributed by atoms with Gasteiger partial charge in [0.1, 0.15) is 5.69 Å². The summed E-state index contributed by atoms with van der Waals surface area (Å²) in [5.74, 6) is -2.12. The van der Waals surface area contributed by atoms with Gasteiger partial charge in [0.25, 0.3) is 5.91 Å². The molecule has 0 atom stereocenters. The van der Waals surface area contributed by atoms with Gasteiger partial charge in [-0.25, -0.2) is 9.78 Å². The molecule has 0 unspecified atom stereocenters. The zero-order valence-corrected chi connectivity index (χ0v) is 16.8. The summed E-state index contributed by atoms with van der Waals surface area (Å²) in [4.78, 5) is 49.7. The molecule has 12 heteroatoms. The topological polar surface area (TPSA) is 150 Å². The summed E-state index contributed by atoms with van der Waals surface area (Å²) in [5.41, 5.74) is 1.00. The number of aromatic nitrogens is 1. The molecule has 2 aromatic rings. The number of benzene rings is 1. The number of nitrogens with one attached hydrogen (secondary N) is 4. The maximum absolute atomic E-state index is 12.0. The van der Waals surface area contributed by atoms with Crippen LogP contribution in [0.25, 0.3) is 0 Å². The molecular weight excluding hydrogens is 422 g/mol. The summed E-state index contributed by atoms with van der Waals surface area (Å²) in [5, 5.41) is 20.1. The van der Waals surface area contributed by atoms with Gasteiger partial charge in [-0.3, -0.25) is 19.7 Å². The zero-order chi connectivity index (χ0) is 20.4. The number of anilines is 1. The summed E-state index contributed by atoms with van der Waals surface area (Å²) in [6.07, 6.45) is -0.201. The summed E-state index contributed by atoms with van der Waals surface area (Å²) in [6, 6.07) is 8.92. The van der Waals surface area contributed by atoms with E-state index in [2.05, 4.69) is 26.3 Å². The number of urea groups is 1. The minimum absolute atomic E-state index is 0. The third kappa shape index (κ3) is 9.04. The lowest BCUT2D eigenvalue weighted by molar-refractivity contribution is -0.136. The Morgan fingerprint density at radius 1 is 1.03 bits per heavy atom. The van der Waals surface area contributed by atoms with Crippen LogP contribution in [0.4, 0.5) is 9.93 Å². The predicted octanol–water partition coefficient (Wildman–Crippen LogP) is 1.21. The van der Waals surface area contributed by atoms with E-state index in [0.717, 1.165) is 16.9 Å². The fraction of sp³-hybridized carbons (Fsp3) is 0.235. The van der Waals surface area contributed by atoms with Crippen molar-refractivity contribution < 1.29 is 24.3 Å². The van der Waals surface area contributed by atoms with Crippen LogP contribution >= 0.6 is 23.7 Å². The molecule has 0 saturated carbocycles. The largest absolute Gasteiger partial charge is 0.481 e. The number of amides is 4. The predicted molar refractivity (Wildman–Crippen MR) is 109 cm³/mol. The highest BCUT2D eigenvalue weighted by Crippen LogP contribution is 2.15. The van der Waals surface area contributed by atoms with Crippen LogP contribution < -0.4 is 21.3 Å². The van der Waals surface area contributed by atoms with Gasteiger partial charge in [-0.2, -0.15) is 0 Å². The number of carboxylic acid groups (broad SMARTS) is 1. The summed E-state index contributed by atoms with van der Waals surface area (Å²) < 4.78 is 0. The van der Waals surface area contributed by atoms with Gasteiger partial charge in [-0.1, -0.05) is 30.3 Å². The molecule has 0 aliphatic rings. The monoisotopic (exact) mass is 441 g/mol. The number of halogens is 1. The second-order valence-electron chi connectivity index (χ2n) is 5.51. The number of carboxylic acids is 1. The van der Waals surface area contributed by atoms with Gasteiger partial charge >= 0.3 is 12.0 Å². The highest BCUT2D eigenvalue weighted by Gasteiger charge is 2.13. The molecule has 0 saturated heterocycles. The SMILES string of the molecule is Cl.O=C(O)CCNC(=O)CNC(=O)c1csc(NC(=O)NCc2ccccc2)n1. The minimum atomic E-state index is -1.03. The van der Waals surface area contributed by atoms with E-state index in [1.807, 2.05) is 30.3 Å². The van der Waals surface area contributed by atoms with Crippen LogP contribution in [0, 0.1) is 0 Å². The smallest absolute Gasteiger partial charge is 0.321 e. The molecule has 1 aromatic carbocycles. The Morgan fingerprint density at radius 3 is 2.45 bits per heavy atom. The Bertz CT molecular complexity index is 846.